The third-order valence-corrected chi connectivity index (χ3v) is 4.11. The van der Waals surface area contributed by atoms with Crippen molar-refractivity contribution in [2.45, 2.75) is 13.5 Å². The second kappa shape index (κ2) is 6.09. The van der Waals surface area contributed by atoms with Crippen LogP contribution >= 0.6 is 43.5 Å². The molecule has 0 atom stereocenters. The number of aryl methyl sites for hydroxylation is 1. The van der Waals surface area contributed by atoms with E-state index in [0.29, 0.717) is 6.54 Å². The Balaban J connectivity index is 2.11. The van der Waals surface area contributed by atoms with E-state index in [9.17, 15) is 0 Å². The number of nitrogens with one attached hydrogen (secondary N) is 1. The van der Waals surface area contributed by atoms with E-state index in [-0.39, 0.29) is 0 Å². The number of benzene rings is 2. The zero-order valence-corrected chi connectivity index (χ0v) is 13.7. The van der Waals surface area contributed by atoms with Gasteiger partial charge in [-0.05, 0) is 58.2 Å². The van der Waals surface area contributed by atoms with E-state index in [2.05, 4.69) is 62.3 Å². The fraction of sp³-hybridized carbons (Fsp3) is 0.143. The van der Waals surface area contributed by atoms with E-state index in [0.717, 1.165) is 25.2 Å². The highest BCUT2D eigenvalue weighted by Gasteiger charge is 2.03. The van der Waals surface area contributed by atoms with Gasteiger partial charge in [0.15, 0.2) is 0 Å². The summed E-state index contributed by atoms with van der Waals surface area (Å²) in [7, 11) is 0. The summed E-state index contributed by atoms with van der Waals surface area (Å²) < 4.78 is 2.06. The molecule has 0 spiro atoms. The molecule has 0 amide bonds. The fourth-order valence-corrected chi connectivity index (χ4v) is 2.99. The van der Waals surface area contributed by atoms with Gasteiger partial charge in [0.05, 0.1) is 0 Å². The van der Waals surface area contributed by atoms with Gasteiger partial charge in [0.1, 0.15) is 0 Å². The standard InChI is InChI=1S/C14H12Br2ClN/c1-9-2-5-14(12(16)6-9)18-8-10-3-4-11(15)7-13(10)17/h2-7,18H,8H2,1H3. The summed E-state index contributed by atoms with van der Waals surface area (Å²) in [5, 5.41) is 4.13. The number of rotatable bonds is 3. The van der Waals surface area contributed by atoms with E-state index in [1.54, 1.807) is 0 Å². The van der Waals surface area contributed by atoms with E-state index in [1.807, 2.05) is 18.2 Å². The molecule has 0 saturated heterocycles. The SMILES string of the molecule is Cc1ccc(NCc2ccc(Br)cc2Cl)c(Br)c1. The Morgan fingerprint density at radius 3 is 2.56 bits per heavy atom. The minimum absolute atomic E-state index is 0.702. The summed E-state index contributed by atoms with van der Waals surface area (Å²) >= 11 is 13.1. The minimum Gasteiger partial charge on any atom is -0.380 e. The molecule has 1 N–H and O–H groups in total. The monoisotopic (exact) mass is 387 g/mol. The predicted octanol–water partition coefficient (Wildman–Crippen LogP) is 5.79. The Morgan fingerprint density at radius 2 is 1.89 bits per heavy atom. The first kappa shape index (κ1) is 13.9. The average molecular weight is 390 g/mol. The highest BCUT2D eigenvalue weighted by Crippen LogP contribution is 2.26. The second-order valence-electron chi connectivity index (χ2n) is 4.07. The maximum absolute atomic E-state index is 6.18. The minimum atomic E-state index is 0.702. The largest absolute Gasteiger partial charge is 0.380 e. The highest BCUT2D eigenvalue weighted by molar-refractivity contribution is 9.10. The average Bonchev–Trinajstić information content (AvgIpc) is 2.30. The highest BCUT2D eigenvalue weighted by atomic mass is 79.9. The Morgan fingerprint density at radius 1 is 1.11 bits per heavy atom. The Hall–Kier alpha value is -0.510. The maximum atomic E-state index is 6.18. The smallest absolute Gasteiger partial charge is 0.0487 e. The zero-order chi connectivity index (χ0) is 13.1. The van der Waals surface area contributed by atoms with E-state index < -0.39 is 0 Å². The third kappa shape index (κ3) is 3.50. The van der Waals surface area contributed by atoms with Crippen LogP contribution in [0.2, 0.25) is 5.02 Å². The van der Waals surface area contributed by atoms with Crippen molar-refractivity contribution >= 4 is 49.1 Å². The van der Waals surface area contributed by atoms with Crippen molar-refractivity contribution < 1.29 is 0 Å². The summed E-state index contributed by atoms with van der Waals surface area (Å²) in [6.07, 6.45) is 0. The van der Waals surface area contributed by atoms with Crippen LogP contribution in [0.3, 0.4) is 0 Å². The van der Waals surface area contributed by atoms with Crippen LogP contribution in [0.1, 0.15) is 11.1 Å². The summed E-state index contributed by atoms with van der Waals surface area (Å²) in [4.78, 5) is 0. The van der Waals surface area contributed by atoms with Gasteiger partial charge in [-0.2, -0.15) is 0 Å². The maximum Gasteiger partial charge on any atom is 0.0487 e. The lowest BCUT2D eigenvalue weighted by atomic mass is 10.2. The molecule has 2 aromatic rings. The van der Waals surface area contributed by atoms with E-state index in [1.165, 1.54) is 5.56 Å². The lowest BCUT2D eigenvalue weighted by Crippen LogP contribution is -2.00. The molecule has 0 aliphatic rings. The van der Waals surface area contributed by atoms with Crippen LogP contribution in [0.5, 0.6) is 0 Å². The Labute approximate surface area is 129 Å². The van der Waals surface area contributed by atoms with Crippen molar-refractivity contribution in [1.29, 1.82) is 0 Å². The van der Waals surface area contributed by atoms with Gasteiger partial charge in [-0.15, -0.1) is 0 Å². The number of halogens is 3. The topological polar surface area (TPSA) is 12.0 Å². The van der Waals surface area contributed by atoms with Gasteiger partial charge in [-0.25, -0.2) is 0 Å². The van der Waals surface area contributed by atoms with Crippen molar-refractivity contribution in [3.8, 4) is 0 Å². The number of anilines is 1. The van der Waals surface area contributed by atoms with Crippen molar-refractivity contribution in [2.75, 3.05) is 5.32 Å². The van der Waals surface area contributed by atoms with E-state index in [4.69, 9.17) is 11.6 Å². The van der Waals surface area contributed by atoms with Crippen LogP contribution in [0.25, 0.3) is 0 Å². The molecule has 18 heavy (non-hydrogen) atoms. The molecule has 0 aliphatic carbocycles. The van der Waals surface area contributed by atoms with Gasteiger partial charge in [0, 0.05) is 26.2 Å². The summed E-state index contributed by atoms with van der Waals surface area (Å²) in [6.45, 7) is 2.77. The van der Waals surface area contributed by atoms with Crippen molar-refractivity contribution in [2.24, 2.45) is 0 Å². The molecule has 94 valence electrons. The van der Waals surface area contributed by atoms with Gasteiger partial charge in [0.2, 0.25) is 0 Å². The molecule has 0 saturated carbocycles. The van der Waals surface area contributed by atoms with E-state index >= 15 is 0 Å². The lowest BCUT2D eigenvalue weighted by Gasteiger charge is -2.10. The Bertz CT molecular complexity index is 518. The molecule has 2 rings (SSSR count). The van der Waals surface area contributed by atoms with Gasteiger partial charge in [-0.3, -0.25) is 0 Å². The van der Waals surface area contributed by atoms with Gasteiger partial charge < -0.3 is 5.32 Å². The summed E-state index contributed by atoms with van der Waals surface area (Å²) in [5.74, 6) is 0. The van der Waals surface area contributed by atoms with Crippen LogP contribution in [0, 0.1) is 6.92 Å². The first-order valence-corrected chi connectivity index (χ1v) is 7.46. The van der Waals surface area contributed by atoms with Crippen LogP contribution < -0.4 is 5.32 Å². The molecule has 0 unspecified atom stereocenters. The third-order valence-electron chi connectivity index (χ3n) is 2.61. The normalized spacial score (nSPS) is 10.4. The molecule has 0 fully saturated rings. The van der Waals surface area contributed by atoms with Crippen LogP contribution in [0.4, 0.5) is 5.69 Å². The summed E-state index contributed by atoms with van der Waals surface area (Å²) in [6, 6.07) is 12.1. The number of hydrogen-bond acceptors (Lipinski definition) is 1. The molecule has 0 bridgehead atoms. The quantitative estimate of drug-likeness (QED) is 0.701. The van der Waals surface area contributed by atoms with Crippen molar-refractivity contribution in [3.05, 3.63) is 61.5 Å². The first-order valence-electron chi connectivity index (χ1n) is 5.50. The summed E-state index contributed by atoms with van der Waals surface area (Å²) in [5.41, 5.74) is 3.38. The second-order valence-corrected chi connectivity index (χ2v) is 6.25. The fourth-order valence-electron chi connectivity index (χ4n) is 1.62. The molecule has 4 heteroatoms. The van der Waals surface area contributed by atoms with Crippen molar-refractivity contribution in [3.63, 3.8) is 0 Å². The molecule has 1 nitrogen and oxygen atoms in total. The molecule has 2 aromatic carbocycles. The van der Waals surface area contributed by atoms with Crippen molar-refractivity contribution in [1.82, 2.24) is 0 Å². The van der Waals surface area contributed by atoms with Crippen LogP contribution in [-0.2, 0) is 6.54 Å². The number of hydrogen-bond donors (Lipinski definition) is 1. The molecule has 0 radical (unpaired) electrons. The molecular weight excluding hydrogens is 377 g/mol. The van der Waals surface area contributed by atoms with Crippen LogP contribution in [-0.4, -0.2) is 0 Å². The lowest BCUT2D eigenvalue weighted by molar-refractivity contribution is 1.14. The molecule has 0 aromatic heterocycles. The zero-order valence-electron chi connectivity index (χ0n) is 9.81. The predicted molar refractivity (Wildman–Crippen MR) is 85.4 cm³/mol. The Kier molecular flexibility index (Phi) is 4.71. The molecular formula is C14H12Br2ClN. The van der Waals surface area contributed by atoms with Gasteiger partial charge in [0.25, 0.3) is 0 Å². The van der Waals surface area contributed by atoms with Gasteiger partial charge >= 0.3 is 0 Å². The first-order chi connectivity index (χ1) is 8.56. The van der Waals surface area contributed by atoms with Gasteiger partial charge in [-0.1, -0.05) is 39.7 Å². The molecule has 0 heterocycles. The molecule has 0 aliphatic heterocycles. The van der Waals surface area contributed by atoms with Crippen LogP contribution in [0.15, 0.2) is 45.3 Å².